The summed E-state index contributed by atoms with van der Waals surface area (Å²) in [6, 6.07) is 5.24. The summed E-state index contributed by atoms with van der Waals surface area (Å²) in [7, 11) is 1.50. The average Bonchev–Trinajstić information content (AvgIpc) is 2.27. The summed E-state index contributed by atoms with van der Waals surface area (Å²) in [5.74, 6) is 1.08. The van der Waals surface area contributed by atoms with E-state index < -0.39 is 4.92 Å². The summed E-state index contributed by atoms with van der Waals surface area (Å²) in [6.07, 6.45) is 2.24. The van der Waals surface area contributed by atoms with Crippen molar-refractivity contribution in [1.82, 2.24) is 0 Å². The van der Waals surface area contributed by atoms with Gasteiger partial charge >= 0.3 is 0 Å². The van der Waals surface area contributed by atoms with Gasteiger partial charge in [-0.05, 0) is 13.0 Å². The number of nitrogens with zero attached hydrogens (tertiary/aromatic N) is 1. The molecule has 1 aromatic rings. The predicted molar refractivity (Wildman–Crippen MR) is 60.2 cm³/mol. The number of ether oxygens (including phenoxy) is 2. The highest BCUT2D eigenvalue weighted by atomic mass is 16.6. The normalized spacial score (nSPS) is 10.4. The first kappa shape index (κ1) is 12.0. The Kier molecular flexibility index (Phi) is 4.32. The van der Waals surface area contributed by atoms with Crippen LogP contribution in [-0.2, 0) is 0 Å². The van der Waals surface area contributed by atoms with Gasteiger partial charge in [-0.1, -0.05) is 12.1 Å². The van der Waals surface area contributed by atoms with Crippen molar-refractivity contribution < 1.29 is 14.4 Å². The maximum Gasteiger partial charge on any atom is 0.235 e. The Morgan fingerprint density at radius 3 is 2.81 bits per heavy atom. The summed E-state index contributed by atoms with van der Waals surface area (Å²) in [5.41, 5.74) is 0.616. The van der Waals surface area contributed by atoms with Crippen LogP contribution < -0.4 is 9.47 Å². The second kappa shape index (κ2) is 5.75. The maximum atomic E-state index is 10.2. The molecule has 0 N–H and O–H groups in total. The predicted octanol–water partition coefficient (Wildman–Crippen LogP) is 2.34. The molecule has 0 aliphatic carbocycles. The molecule has 0 aliphatic heterocycles. The molecule has 0 aliphatic rings. The summed E-state index contributed by atoms with van der Waals surface area (Å²) >= 11 is 0. The molecule has 0 saturated carbocycles. The zero-order valence-corrected chi connectivity index (χ0v) is 9.17. The molecule has 1 aromatic carbocycles. The SMILES string of the molecule is CCOc1cccc(/C=C/[N+](=O)[O-])c1OC. The number of nitro groups is 1. The van der Waals surface area contributed by atoms with Gasteiger partial charge < -0.3 is 9.47 Å². The smallest absolute Gasteiger partial charge is 0.235 e. The molecule has 0 unspecified atom stereocenters. The van der Waals surface area contributed by atoms with Gasteiger partial charge in [0.25, 0.3) is 0 Å². The summed E-state index contributed by atoms with van der Waals surface area (Å²) in [6.45, 7) is 2.37. The van der Waals surface area contributed by atoms with E-state index in [9.17, 15) is 10.1 Å². The molecule has 0 heterocycles. The van der Waals surface area contributed by atoms with Crippen molar-refractivity contribution in [3.8, 4) is 11.5 Å². The van der Waals surface area contributed by atoms with Crippen LogP contribution >= 0.6 is 0 Å². The van der Waals surface area contributed by atoms with Crippen LogP contribution in [0.4, 0.5) is 0 Å². The number of hydrogen-bond acceptors (Lipinski definition) is 4. The lowest BCUT2D eigenvalue weighted by Crippen LogP contribution is -1.96. The van der Waals surface area contributed by atoms with Crippen LogP contribution in [0.25, 0.3) is 6.08 Å². The third-order valence-electron chi connectivity index (χ3n) is 1.89. The number of para-hydroxylation sites is 1. The quantitative estimate of drug-likeness (QED) is 0.567. The lowest BCUT2D eigenvalue weighted by Gasteiger charge is -2.10. The van der Waals surface area contributed by atoms with E-state index in [4.69, 9.17) is 9.47 Å². The van der Waals surface area contributed by atoms with Gasteiger partial charge in [0, 0.05) is 11.6 Å². The Hall–Kier alpha value is -2.04. The zero-order chi connectivity index (χ0) is 12.0. The van der Waals surface area contributed by atoms with Gasteiger partial charge in [-0.3, -0.25) is 10.1 Å². The first-order valence-corrected chi connectivity index (χ1v) is 4.80. The van der Waals surface area contributed by atoms with Gasteiger partial charge in [0.1, 0.15) is 0 Å². The Morgan fingerprint density at radius 2 is 2.25 bits per heavy atom. The van der Waals surface area contributed by atoms with Crippen molar-refractivity contribution in [2.24, 2.45) is 0 Å². The van der Waals surface area contributed by atoms with E-state index in [1.54, 1.807) is 18.2 Å². The molecular weight excluding hydrogens is 210 g/mol. The van der Waals surface area contributed by atoms with Crippen LogP contribution in [0.2, 0.25) is 0 Å². The van der Waals surface area contributed by atoms with Crippen molar-refractivity contribution in [3.63, 3.8) is 0 Å². The van der Waals surface area contributed by atoms with Gasteiger partial charge in [-0.2, -0.15) is 0 Å². The first-order valence-electron chi connectivity index (χ1n) is 4.80. The molecule has 16 heavy (non-hydrogen) atoms. The second-order valence-electron chi connectivity index (χ2n) is 2.91. The van der Waals surface area contributed by atoms with Crippen LogP contribution in [0, 0.1) is 10.1 Å². The first-order chi connectivity index (χ1) is 7.69. The minimum Gasteiger partial charge on any atom is -0.492 e. The fraction of sp³-hybridized carbons (Fsp3) is 0.273. The monoisotopic (exact) mass is 223 g/mol. The second-order valence-corrected chi connectivity index (χ2v) is 2.91. The lowest BCUT2D eigenvalue weighted by molar-refractivity contribution is -0.400. The largest absolute Gasteiger partial charge is 0.492 e. The summed E-state index contributed by atoms with van der Waals surface area (Å²) in [5, 5.41) is 10.2. The highest BCUT2D eigenvalue weighted by molar-refractivity contribution is 5.61. The van der Waals surface area contributed by atoms with Gasteiger partial charge in [0.05, 0.1) is 18.6 Å². The summed E-state index contributed by atoms with van der Waals surface area (Å²) < 4.78 is 10.5. The van der Waals surface area contributed by atoms with Gasteiger partial charge in [0.15, 0.2) is 11.5 Å². The number of hydrogen-bond donors (Lipinski definition) is 0. The molecule has 0 radical (unpaired) electrons. The van der Waals surface area contributed by atoms with Crippen LogP contribution in [0.3, 0.4) is 0 Å². The molecule has 0 atom stereocenters. The molecular formula is C11H13NO4. The minimum atomic E-state index is -0.521. The Bertz CT molecular complexity index is 401. The van der Waals surface area contributed by atoms with Crippen LogP contribution in [0.15, 0.2) is 24.4 Å². The fourth-order valence-electron chi connectivity index (χ4n) is 1.29. The van der Waals surface area contributed by atoms with Crippen molar-refractivity contribution in [2.75, 3.05) is 13.7 Å². The molecule has 5 heteroatoms. The fourth-order valence-corrected chi connectivity index (χ4v) is 1.29. The van der Waals surface area contributed by atoms with E-state index in [0.29, 0.717) is 23.7 Å². The lowest BCUT2D eigenvalue weighted by atomic mass is 10.2. The van der Waals surface area contributed by atoms with Crippen molar-refractivity contribution >= 4 is 6.08 Å². The number of methoxy groups -OCH3 is 1. The van der Waals surface area contributed by atoms with E-state index in [0.717, 1.165) is 6.20 Å². The van der Waals surface area contributed by atoms with E-state index in [-0.39, 0.29) is 0 Å². The zero-order valence-electron chi connectivity index (χ0n) is 9.17. The van der Waals surface area contributed by atoms with Crippen LogP contribution in [0.5, 0.6) is 11.5 Å². The highest BCUT2D eigenvalue weighted by Gasteiger charge is 2.08. The van der Waals surface area contributed by atoms with Gasteiger partial charge in [0.2, 0.25) is 6.20 Å². The molecule has 1 rings (SSSR count). The molecule has 0 bridgehead atoms. The van der Waals surface area contributed by atoms with Crippen molar-refractivity contribution in [2.45, 2.75) is 6.92 Å². The van der Waals surface area contributed by atoms with Crippen LogP contribution in [0.1, 0.15) is 12.5 Å². The van der Waals surface area contributed by atoms with Crippen LogP contribution in [-0.4, -0.2) is 18.6 Å². The number of benzene rings is 1. The minimum absolute atomic E-state index is 0.502. The Morgan fingerprint density at radius 1 is 1.50 bits per heavy atom. The van der Waals surface area contributed by atoms with Gasteiger partial charge in [-0.15, -0.1) is 0 Å². The maximum absolute atomic E-state index is 10.2. The van der Waals surface area contributed by atoms with E-state index in [1.807, 2.05) is 6.92 Å². The average molecular weight is 223 g/mol. The molecule has 5 nitrogen and oxygen atoms in total. The van der Waals surface area contributed by atoms with Crippen molar-refractivity contribution in [3.05, 3.63) is 40.1 Å². The third kappa shape index (κ3) is 2.98. The third-order valence-corrected chi connectivity index (χ3v) is 1.89. The topological polar surface area (TPSA) is 61.6 Å². The van der Waals surface area contributed by atoms with E-state index >= 15 is 0 Å². The van der Waals surface area contributed by atoms with E-state index in [2.05, 4.69) is 0 Å². The summed E-state index contributed by atoms with van der Waals surface area (Å²) in [4.78, 5) is 9.71. The molecule has 0 fully saturated rings. The Labute approximate surface area is 93.4 Å². The van der Waals surface area contributed by atoms with Crippen molar-refractivity contribution in [1.29, 1.82) is 0 Å². The molecule has 86 valence electrons. The molecule has 0 spiro atoms. The van der Waals surface area contributed by atoms with E-state index in [1.165, 1.54) is 13.2 Å². The highest BCUT2D eigenvalue weighted by Crippen LogP contribution is 2.31. The molecule has 0 saturated heterocycles. The Balaban J connectivity index is 3.08. The van der Waals surface area contributed by atoms with Gasteiger partial charge in [-0.25, -0.2) is 0 Å². The standard InChI is InChI=1S/C11H13NO4/c1-3-16-10-6-4-5-9(11(10)15-2)7-8-12(13)14/h4-8H,3H2,1-2H3/b8-7+. The number of rotatable bonds is 5. The molecule has 0 amide bonds. The molecule has 0 aromatic heterocycles.